The van der Waals surface area contributed by atoms with Gasteiger partial charge >= 0.3 is 5.97 Å². The minimum absolute atomic E-state index is 0.336. The molecule has 0 aliphatic carbocycles. The van der Waals surface area contributed by atoms with Crippen LogP contribution in [0.5, 0.6) is 11.5 Å². The summed E-state index contributed by atoms with van der Waals surface area (Å²) in [6.07, 6.45) is 0.336. The Morgan fingerprint density at radius 2 is 2.12 bits per heavy atom. The van der Waals surface area contributed by atoms with Gasteiger partial charge in [0.2, 0.25) is 6.41 Å². The molecule has 0 aliphatic heterocycles. The van der Waals surface area contributed by atoms with Crippen molar-refractivity contribution < 1.29 is 24.2 Å². The Bertz CT molecular complexity index is 418. The highest BCUT2D eigenvalue weighted by molar-refractivity contribution is 5.79. The number of nitrogens with one attached hydrogen (secondary N) is 1. The molecule has 6 nitrogen and oxygen atoms in total. The molecule has 1 rings (SSSR count). The molecule has 0 radical (unpaired) electrons. The molecule has 1 aromatic rings. The fourth-order valence-electron chi connectivity index (χ4n) is 1.42. The van der Waals surface area contributed by atoms with Gasteiger partial charge < -0.3 is 19.9 Å². The summed E-state index contributed by atoms with van der Waals surface area (Å²) in [5.41, 5.74) is 0.355. The van der Waals surface area contributed by atoms with Crippen LogP contribution in [0.3, 0.4) is 0 Å². The third-order valence-corrected chi connectivity index (χ3v) is 2.23. The molecule has 0 saturated heterocycles. The van der Waals surface area contributed by atoms with E-state index < -0.39 is 12.0 Å². The van der Waals surface area contributed by atoms with Crippen molar-refractivity contribution >= 4 is 12.4 Å². The maximum Gasteiger partial charge on any atom is 0.331 e. The monoisotopic (exact) mass is 239 g/mol. The summed E-state index contributed by atoms with van der Waals surface area (Å²) in [6, 6.07) is 3.54. The van der Waals surface area contributed by atoms with Crippen molar-refractivity contribution in [3.05, 3.63) is 23.8 Å². The SMILES string of the molecule is COc1ccc(C(NC=O)C(=O)O)c(OC)c1. The predicted molar refractivity (Wildman–Crippen MR) is 59.1 cm³/mol. The second-order valence-electron chi connectivity index (χ2n) is 3.16. The number of carboxylic acid groups (broad SMARTS) is 1. The number of amides is 1. The molecule has 0 aromatic heterocycles. The van der Waals surface area contributed by atoms with E-state index in [-0.39, 0.29) is 0 Å². The van der Waals surface area contributed by atoms with Crippen molar-refractivity contribution in [2.75, 3.05) is 14.2 Å². The summed E-state index contributed by atoms with van der Waals surface area (Å²) in [4.78, 5) is 21.4. The molecule has 0 fully saturated rings. The maximum absolute atomic E-state index is 11.0. The Hall–Kier alpha value is -2.24. The summed E-state index contributed by atoms with van der Waals surface area (Å²) in [7, 11) is 2.91. The van der Waals surface area contributed by atoms with Crippen molar-refractivity contribution in [1.82, 2.24) is 5.32 Å². The molecule has 17 heavy (non-hydrogen) atoms. The Morgan fingerprint density at radius 3 is 2.59 bits per heavy atom. The van der Waals surface area contributed by atoms with E-state index in [9.17, 15) is 9.59 Å². The van der Waals surface area contributed by atoms with Crippen LogP contribution in [0.25, 0.3) is 0 Å². The van der Waals surface area contributed by atoms with Gasteiger partial charge in [0.25, 0.3) is 0 Å². The van der Waals surface area contributed by atoms with E-state index in [1.165, 1.54) is 20.3 Å². The van der Waals surface area contributed by atoms with Gasteiger partial charge in [-0.3, -0.25) is 4.79 Å². The Kier molecular flexibility index (Phi) is 4.33. The first-order chi connectivity index (χ1) is 8.13. The number of carbonyl (C=O) groups is 2. The molecule has 0 saturated carbocycles. The lowest BCUT2D eigenvalue weighted by molar-refractivity contribution is -0.140. The molecule has 1 unspecified atom stereocenters. The smallest absolute Gasteiger partial charge is 0.331 e. The van der Waals surface area contributed by atoms with Crippen LogP contribution in [-0.4, -0.2) is 31.7 Å². The van der Waals surface area contributed by atoms with Gasteiger partial charge in [0.15, 0.2) is 6.04 Å². The van der Waals surface area contributed by atoms with Crippen molar-refractivity contribution in [3.8, 4) is 11.5 Å². The van der Waals surface area contributed by atoms with Crippen LogP contribution in [0.2, 0.25) is 0 Å². The van der Waals surface area contributed by atoms with Crippen LogP contribution in [0, 0.1) is 0 Å². The number of hydrogen-bond acceptors (Lipinski definition) is 4. The summed E-state index contributed by atoms with van der Waals surface area (Å²) < 4.78 is 10.1. The van der Waals surface area contributed by atoms with Crippen molar-refractivity contribution in [2.24, 2.45) is 0 Å². The zero-order valence-corrected chi connectivity index (χ0v) is 9.47. The minimum atomic E-state index is -1.17. The summed E-state index contributed by atoms with van der Waals surface area (Å²) in [5, 5.41) is 11.2. The number of methoxy groups -OCH3 is 2. The molecule has 1 aromatic carbocycles. The van der Waals surface area contributed by atoms with Crippen molar-refractivity contribution in [3.63, 3.8) is 0 Å². The van der Waals surface area contributed by atoms with Gasteiger partial charge in [0.1, 0.15) is 11.5 Å². The van der Waals surface area contributed by atoms with Crippen LogP contribution >= 0.6 is 0 Å². The third kappa shape index (κ3) is 2.87. The first-order valence-corrected chi connectivity index (χ1v) is 4.78. The molecule has 92 valence electrons. The molecule has 0 heterocycles. The quantitative estimate of drug-likeness (QED) is 0.709. The number of ether oxygens (including phenoxy) is 2. The highest BCUT2D eigenvalue weighted by Crippen LogP contribution is 2.29. The van der Waals surface area contributed by atoms with Gasteiger partial charge in [-0.25, -0.2) is 4.79 Å². The number of carboxylic acids is 1. The lowest BCUT2D eigenvalue weighted by Crippen LogP contribution is -2.27. The minimum Gasteiger partial charge on any atom is -0.497 e. The Balaban J connectivity index is 3.17. The van der Waals surface area contributed by atoms with Crippen LogP contribution in [0.1, 0.15) is 11.6 Å². The second kappa shape index (κ2) is 5.74. The molecule has 1 atom stereocenters. The van der Waals surface area contributed by atoms with Gasteiger partial charge in [-0.1, -0.05) is 0 Å². The Labute approximate surface area is 98.2 Å². The van der Waals surface area contributed by atoms with Crippen LogP contribution in [-0.2, 0) is 9.59 Å². The first kappa shape index (κ1) is 12.8. The van der Waals surface area contributed by atoms with E-state index in [1.54, 1.807) is 12.1 Å². The normalized spacial score (nSPS) is 11.4. The molecule has 6 heteroatoms. The molecular formula is C11H13NO5. The standard InChI is InChI=1S/C11H13NO5/c1-16-7-3-4-8(9(5-7)17-2)10(11(14)15)12-6-13/h3-6,10H,1-2H3,(H,12,13)(H,14,15). The third-order valence-electron chi connectivity index (χ3n) is 2.23. The second-order valence-corrected chi connectivity index (χ2v) is 3.16. The summed E-state index contributed by atoms with van der Waals surface area (Å²) >= 11 is 0. The van der Waals surface area contributed by atoms with Crippen LogP contribution in [0.4, 0.5) is 0 Å². The first-order valence-electron chi connectivity index (χ1n) is 4.78. The number of rotatable bonds is 6. The van der Waals surface area contributed by atoms with Gasteiger partial charge in [-0.05, 0) is 12.1 Å². The fraction of sp³-hybridized carbons (Fsp3) is 0.273. The highest BCUT2D eigenvalue weighted by Gasteiger charge is 2.22. The molecule has 0 aliphatic rings. The molecule has 0 spiro atoms. The highest BCUT2D eigenvalue weighted by atomic mass is 16.5. The Morgan fingerprint density at radius 1 is 1.41 bits per heavy atom. The van der Waals surface area contributed by atoms with Crippen molar-refractivity contribution in [2.45, 2.75) is 6.04 Å². The average molecular weight is 239 g/mol. The van der Waals surface area contributed by atoms with Crippen LogP contribution < -0.4 is 14.8 Å². The maximum atomic E-state index is 11.0. The van der Waals surface area contributed by atoms with Crippen molar-refractivity contribution in [1.29, 1.82) is 0 Å². The van der Waals surface area contributed by atoms with E-state index in [0.29, 0.717) is 23.5 Å². The molecular weight excluding hydrogens is 226 g/mol. The lowest BCUT2D eigenvalue weighted by atomic mass is 10.1. The number of hydrogen-bond donors (Lipinski definition) is 2. The van der Waals surface area contributed by atoms with Gasteiger partial charge in [0, 0.05) is 11.6 Å². The molecule has 2 N–H and O–H groups in total. The summed E-state index contributed by atoms with van der Waals surface area (Å²) in [6.45, 7) is 0. The largest absolute Gasteiger partial charge is 0.497 e. The zero-order chi connectivity index (χ0) is 12.8. The number of aliphatic carboxylic acids is 1. The predicted octanol–water partition coefficient (Wildman–Crippen LogP) is 0.575. The van der Waals surface area contributed by atoms with E-state index in [1.807, 2.05) is 0 Å². The van der Waals surface area contributed by atoms with E-state index in [2.05, 4.69) is 5.32 Å². The summed E-state index contributed by atoms with van der Waals surface area (Å²) in [5.74, 6) is -0.285. The fourth-order valence-corrected chi connectivity index (χ4v) is 1.42. The number of benzene rings is 1. The van der Waals surface area contributed by atoms with E-state index in [0.717, 1.165) is 0 Å². The van der Waals surface area contributed by atoms with Crippen LogP contribution in [0.15, 0.2) is 18.2 Å². The van der Waals surface area contributed by atoms with Gasteiger partial charge in [0.05, 0.1) is 14.2 Å². The molecule has 0 bridgehead atoms. The van der Waals surface area contributed by atoms with E-state index >= 15 is 0 Å². The topological polar surface area (TPSA) is 84.9 Å². The molecule has 1 amide bonds. The van der Waals surface area contributed by atoms with Gasteiger partial charge in [-0.2, -0.15) is 0 Å². The van der Waals surface area contributed by atoms with E-state index in [4.69, 9.17) is 14.6 Å². The zero-order valence-electron chi connectivity index (χ0n) is 9.47. The van der Waals surface area contributed by atoms with Gasteiger partial charge in [-0.15, -0.1) is 0 Å². The number of carbonyl (C=O) groups excluding carboxylic acids is 1. The lowest BCUT2D eigenvalue weighted by Gasteiger charge is -2.16. The average Bonchev–Trinajstić information content (AvgIpc) is 2.35.